The van der Waals surface area contributed by atoms with Crippen LogP contribution in [0.4, 0.5) is 5.95 Å². The molecule has 3 heterocycles. The van der Waals surface area contributed by atoms with Gasteiger partial charge in [0.15, 0.2) is 23.2 Å². The van der Waals surface area contributed by atoms with Gasteiger partial charge in [-0.3, -0.25) is 18.9 Å². The van der Waals surface area contributed by atoms with Gasteiger partial charge in [-0.25, -0.2) is 9.55 Å². The van der Waals surface area contributed by atoms with Crippen molar-refractivity contribution in [2.24, 2.45) is 5.73 Å². The molecular formula is C11H17N6O7P. The summed E-state index contributed by atoms with van der Waals surface area (Å²) in [5.74, 6) is -1.58. The number of aromatic amines is 1. The number of fused-ring (bicyclic) bond motifs is 1. The summed E-state index contributed by atoms with van der Waals surface area (Å²) >= 11 is 0. The van der Waals surface area contributed by atoms with Crippen LogP contribution < -0.4 is 17.0 Å². The summed E-state index contributed by atoms with van der Waals surface area (Å²) in [5, 5.41) is 0. The van der Waals surface area contributed by atoms with Crippen molar-refractivity contribution in [2.75, 3.05) is 19.5 Å². The van der Waals surface area contributed by atoms with Gasteiger partial charge in [0.2, 0.25) is 5.95 Å². The van der Waals surface area contributed by atoms with Crippen LogP contribution in [0.5, 0.6) is 0 Å². The highest BCUT2D eigenvalue weighted by atomic mass is 31.2. The molecule has 0 aromatic carbocycles. The summed E-state index contributed by atoms with van der Waals surface area (Å²) < 4.78 is 27.8. The average molecular weight is 376 g/mol. The van der Waals surface area contributed by atoms with Crippen LogP contribution in [-0.2, 0) is 18.6 Å². The highest BCUT2D eigenvalue weighted by Crippen LogP contribution is 2.42. The highest BCUT2D eigenvalue weighted by Gasteiger charge is 2.48. The molecule has 1 aliphatic rings. The molecule has 0 spiro atoms. The van der Waals surface area contributed by atoms with Crippen molar-refractivity contribution >= 4 is 24.9 Å². The molecule has 0 aliphatic carbocycles. The molecule has 3 rings (SSSR count). The SMILES string of the molecule is CO[C@@]1(COP(=O)(O)O)C[C@H](N)[C@H](n2cnc3c(=O)[nH]c(N)nc32)O1. The maximum absolute atomic E-state index is 11.9. The van der Waals surface area contributed by atoms with Crippen LogP contribution in [0, 0.1) is 0 Å². The first-order chi connectivity index (χ1) is 11.6. The predicted octanol–water partition coefficient (Wildman–Crippen LogP) is -1.60. The lowest BCUT2D eigenvalue weighted by Gasteiger charge is -2.27. The van der Waals surface area contributed by atoms with E-state index in [9.17, 15) is 9.36 Å². The molecule has 1 aliphatic heterocycles. The van der Waals surface area contributed by atoms with E-state index in [1.807, 2.05) is 0 Å². The summed E-state index contributed by atoms with van der Waals surface area (Å²) in [6.45, 7) is -0.541. The van der Waals surface area contributed by atoms with Crippen LogP contribution in [-0.4, -0.2) is 54.9 Å². The third kappa shape index (κ3) is 3.43. The second kappa shape index (κ2) is 6.14. The second-order valence-electron chi connectivity index (χ2n) is 5.53. The van der Waals surface area contributed by atoms with Crippen molar-refractivity contribution < 1.29 is 28.3 Å². The van der Waals surface area contributed by atoms with Crippen molar-refractivity contribution in [2.45, 2.75) is 24.5 Å². The van der Waals surface area contributed by atoms with Crippen LogP contribution in [0.25, 0.3) is 11.2 Å². The van der Waals surface area contributed by atoms with E-state index in [-0.39, 0.29) is 23.5 Å². The zero-order chi connectivity index (χ0) is 18.4. The van der Waals surface area contributed by atoms with E-state index < -0.39 is 38.0 Å². The number of rotatable bonds is 5. The number of ether oxygens (including phenoxy) is 2. The molecule has 1 saturated heterocycles. The van der Waals surface area contributed by atoms with Gasteiger partial charge in [-0.05, 0) is 0 Å². The molecule has 13 nitrogen and oxygen atoms in total. The number of nitrogen functional groups attached to an aromatic ring is 1. The van der Waals surface area contributed by atoms with Gasteiger partial charge in [-0.1, -0.05) is 0 Å². The van der Waals surface area contributed by atoms with Gasteiger partial charge in [-0.2, -0.15) is 4.98 Å². The standard InChI is InChI=1S/C11H17N6O7P/c1-22-11(3-23-25(19,20)21)2-5(12)9(24-11)17-4-14-6-7(17)15-10(13)16-8(6)18/h4-5,9H,2-3,12H2,1H3,(H2,19,20,21)(H3,13,15,16,18)/t5-,9+,11-/m0/s1. The Morgan fingerprint density at radius 2 is 2.32 bits per heavy atom. The summed E-state index contributed by atoms with van der Waals surface area (Å²) in [4.78, 5) is 39.9. The number of aromatic nitrogens is 4. The topological polar surface area (TPSA) is 201 Å². The normalized spacial score (nSPS) is 27.2. The number of hydrogen-bond acceptors (Lipinski definition) is 9. The fraction of sp³-hybridized carbons (Fsp3) is 0.545. The Balaban J connectivity index is 1.94. The summed E-state index contributed by atoms with van der Waals surface area (Å²) in [6.07, 6.45) is 0.526. The van der Waals surface area contributed by atoms with Crippen LogP contribution in [0.2, 0.25) is 0 Å². The Morgan fingerprint density at radius 3 is 2.96 bits per heavy atom. The highest BCUT2D eigenvalue weighted by molar-refractivity contribution is 7.46. The molecule has 0 bridgehead atoms. The van der Waals surface area contributed by atoms with Gasteiger partial charge in [-0.15, -0.1) is 0 Å². The molecule has 0 amide bonds. The third-order valence-corrected chi connectivity index (χ3v) is 4.26. The minimum Gasteiger partial charge on any atom is -0.369 e. The number of phosphoric acid groups is 1. The van der Waals surface area contributed by atoms with Gasteiger partial charge in [0.1, 0.15) is 6.61 Å². The molecule has 14 heteroatoms. The Hall–Kier alpha value is -1.86. The quantitative estimate of drug-likeness (QED) is 0.376. The number of methoxy groups -OCH3 is 1. The number of nitrogens with zero attached hydrogens (tertiary/aromatic N) is 3. The molecule has 3 atom stereocenters. The number of phosphoric ester groups is 1. The Kier molecular flexibility index (Phi) is 4.41. The first-order valence-corrected chi connectivity index (χ1v) is 8.58. The van der Waals surface area contributed by atoms with E-state index in [1.165, 1.54) is 18.0 Å². The number of anilines is 1. The number of nitrogens with one attached hydrogen (secondary N) is 1. The first-order valence-electron chi connectivity index (χ1n) is 7.05. The fourth-order valence-corrected chi connectivity index (χ4v) is 3.04. The minimum absolute atomic E-state index is 0.0476. The lowest BCUT2D eigenvalue weighted by molar-refractivity contribution is -0.239. The molecule has 138 valence electrons. The van der Waals surface area contributed by atoms with Gasteiger partial charge in [0, 0.05) is 13.5 Å². The smallest absolute Gasteiger partial charge is 0.369 e. The molecule has 0 radical (unpaired) electrons. The van der Waals surface area contributed by atoms with Gasteiger partial charge >= 0.3 is 7.82 Å². The number of imidazole rings is 1. The molecule has 2 aromatic heterocycles. The van der Waals surface area contributed by atoms with Crippen LogP contribution in [0.1, 0.15) is 12.6 Å². The maximum atomic E-state index is 11.9. The van der Waals surface area contributed by atoms with E-state index in [1.54, 1.807) is 0 Å². The van der Waals surface area contributed by atoms with E-state index >= 15 is 0 Å². The minimum atomic E-state index is -4.72. The van der Waals surface area contributed by atoms with Gasteiger partial charge < -0.3 is 30.7 Å². The lowest BCUT2D eigenvalue weighted by atomic mass is 10.1. The number of nitrogens with two attached hydrogens (primary N) is 2. The lowest BCUT2D eigenvalue weighted by Crippen LogP contribution is -2.36. The van der Waals surface area contributed by atoms with Gasteiger partial charge in [0.25, 0.3) is 5.56 Å². The van der Waals surface area contributed by atoms with Gasteiger partial charge in [0.05, 0.1) is 12.4 Å². The van der Waals surface area contributed by atoms with E-state index in [0.29, 0.717) is 0 Å². The summed E-state index contributed by atoms with van der Waals surface area (Å²) in [7, 11) is -3.42. The average Bonchev–Trinajstić information content (AvgIpc) is 3.06. The van der Waals surface area contributed by atoms with Crippen LogP contribution in [0.15, 0.2) is 11.1 Å². The summed E-state index contributed by atoms with van der Waals surface area (Å²) in [6, 6.07) is -0.653. The first kappa shape index (κ1) is 17.9. The number of hydrogen-bond donors (Lipinski definition) is 5. The van der Waals surface area contributed by atoms with E-state index in [0.717, 1.165) is 0 Å². The van der Waals surface area contributed by atoms with Crippen molar-refractivity contribution in [1.82, 2.24) is 19.5 Å². The summed E-state index contributed by atoms with van der Waals surface area (Å²) in [5.41, 5.74) is 11.3. The van der Waals surface area contributed by atoms with Crippen LogP contribution >= 0.6 is 7.82 Å². The van der Waals surface area contributed by atoms with E-state index in [4.69, 9.17) is 30.7 Å². The molecule has 0 saturated carbocycles. The zero-order valence-corrected chi connectivity index (χ0v) is 13.9. The van der Waals surface area contributed by atoms with Crippen LogP contribution in [0.3, 0.4) is 0 Å². The number of H-pyrrole nitrogens is 1. The van der Waals surface area contributed by atoms with Crippen molar-refractivity contribution in [1.29, 1.82) is 0 Å². The monoisotopic (exact) mass is 376 g/mol. The molecule has 7 N–H and O–H groups in total. The fourth-order valence-electron chi connectivity index (χ4n) is 2.67. The molecule has 0 unspecified atom stereocenters. The third-order valence-electron chi connectivity index (χ3n) is 3.80. The zero-order valence-electron chi connectivity index (χ0n) is 13.0. The molecule has 1 fully saturated rings. The maximum Gasteiger partial charge on any atom is 0.469 e. The largest absolute Gasteiger partial charge is 0.469 e. The second-order valence-corrected chi connectivity index (χ2v) is 6.77. The molecular weight excluding hydrogens is 359 g/mol. The Labute approximate surface area is 140 Å². The van der Waals surface area contributed by atoms with Crippen molar-refractivity contribution in [3.63, 3.8) is 0 Å². The molecule has 2 aromatic rings. The van der Waals surface area contributed by atoms with Crippen molar-refractivity contribution in [3.05, 3.63) is 16.7 Å². The molecule has 25 heavy (non-hydrogen) atoms. The predicted molar refractivity (Wildman–Crippen MR) is 83.0 cm³/mol. The van der Waals surface area contributed by atoms with Crippen molar-refractivity contribution in [3.8, 4) is 0 Å². The Bertz CT molecular complexity index is 893. The Morgan fingerprint density at radius 1 is 1.60 bits per heavy atom. The van der Waals surface area contributed by atoms with E-state index in [2.05, 4.69) is 19.5 Å².